The molecule has 0 saturated heterocycles. The molecule has 0 saturated carbocycles. The molecule has 0 aliphatic heterocycles. The lowest BCUT2D eigenvalue weighted by molar-refractivity contribution is -0.116. The lowest BCUT2D eigenvalue weighted by atomic mass is 10.2. The minimum atomic E-state index is -0.594. The zero-order valence-electron chi connectivity index (χ0n) is 17.5. The van der Waals surface area contributed by atoms with Crippen LogP contribution in [-0.2, 0) is 11.3 Å². The van der Waals surface area contributed by atoms with E-state index in [1.807, 2.05) is 6.07 Å². The number of hydrogen-bond donors (Lipinski definition) is 3. The molecule has 0 fully saturated rings. The van der Waals surface area contributed by atoms with E-state index in [9.17, 15) is 19.2 Å². The Labute approximate surface area is 182 Å². The van der Waals surface area contributed by atoms with E-state index in [1.165, 1.54) is 37.1 Å². The maximum atomic E-state index is 12.5. The van der Waals surface area contributed by atoms with E-state index in [1.54, 1.807) is 30.3 Å². The fourth-order valence-electron chi connectivity index (χ4n) is 2.93. The van der Waals surface area contributed by atoms with Gasteiger partial charge in [0.25, 0.3) is 11.5 Å². The van der Waals surface area contributed by atoms with Crippen molar-refractivity contribution in [2.24, 2.45) is 0 Å². The number of ether oxygens (including phenoxy) is 2. The highest BCUT2D eigenvalue weighted by Crippen LogP contribution is 2.36. The van der Waals surface area contributed by atoms with Crippen LogP contribution in [-0.4, -0.2) is 35.6 Å². The fourth-order valence-corrected chi connectivity index (χ4v) is 2.93. The first-order valence-electron chi connectivity index (χ1n) is 9.63. The summed E-state index contributed by atoms with van der Waals surface area (Å²) in [6.07, 6.45) is 1.30. The molecule has 0 atom stereocenters. The van der Waals surface area contributed by atoms with Crippen molar-refractivity contribution in [3.8, 4) is 11.5 Å². The topological polar surface area (TPSA) is 132 Å². The van der Waals surface area contributed by atoms with E-state index < -0.39 is 11.2 Å². The molecule has 0 unspecified atom stereocenters. The Bertz CT molecular complexity index is 1230. The molecule has 0 spiro atoms. The SMILES string of the molecule is COc1cc(NC(=O)c2ccccc2)c(OC)cc1NC(=O)CCn1ccc(=O)[nH]c1=O. The predicted molar refractivity (Wildman–Crippen MR) is 119 cm³/mol. The summed E-state index contributed by atoms with van der Waals surface area (Å²) in [6.45, 7) is 0.0755. The van der Waals surface area contributed by atoms with Gasteiger partial charge in [-0.3, -0.25) is 19.4 Å². The summed E-state index contributed by atoms with van der Waals surface area (Å²) >= 11 is 0. The third-order valence-corrected chi connectivity index (χ3v) is 4.56. The Morgan fingerprint density at radius 2 is 1.56 bits per heavy atom. The Morgan fingerprint density at radius 1 is 0.938 bits per heavy atom. The molecule has 10 nitrogen and oxygen atoms in total. The van der Waals surface area contributed by atoms with Gasteiger partial charge in [0, 0.05) is 42.9 Å². The van der Waals surface area contributed by atoms with Gasteiger partial charge in [-0.25, -0.2) is 4.79 Å². The number of methoxy groups -OCH3 is 2. The molecular formula is C22H22N4O6. The number of amides is 2. The maximum absolute atomic E-state index is 12.5. The van der Waals surface area contributed by atoms with Gasteiger partial charge in [-0.05, 0) is 12.1 Å². The summed E-state index contributed by atoms with van der Waals surface area (Å²) in [5.74, 6) is -0.0791. The number of carbonyl (C=O) groups excluding carboxylic acids is 2. The van der Waals surface area contributed by atoms with Gasteiger partial charge in [0.2, 0.25) is 5.91 Å². The lowest BCUT2D eigenvalue weighted by Crippen LogP contribution is -2.29. The summed E-state index contributed by atoms with van der Waals surface area (Å²) in [7, 11) is 2.87. The number of anilines is 2. The van der Waals surface area contributed by atoms with Crippen LogP contribution in [0.3, 0.4) is 0 Å². The number of nitrogens with one attached hydrogen (secondary N) is 3. The summed E-state index contributed by atoms with van der Waals surface area (Å²) in [6, 6.07) is 13.0. The van der Waals surface area contributed by atoms with Gasteiger partial charge in [0.1, 0.15) is 11.5 Å². The van der Waals surface area contributed by atoms with Crippen LogP contribution in [0.1, 0.15) is 16.8 Å². The molecule has 10 heteroatoms. The standard InChI is InChI=1S/C22H22N4O6/c1-31-17-13-16(24-21(29)14-6-4-3-5-7-14)18(32-2)12-15(17)23-19(27)8-10-26-11-9-20(28)25-22(26)30/h3-7,9,11-13H,8,10H2,1-2H3,(H,23,27)(H,24,29)(H,25,28,30). The van der Waals surface area contributed by atoms with Crippen molar-refractivity contribution in [2.45, 2.75) is 13.0 Å². The second kappa shape index (κ2) is 10.1. The minimum Gasteiger partial charge on any atom is -0.494 e. The normalized spacial score (nSPS) is 10.3. The van der Waals surface area contributed by atoms with E-state index in [0.717, 1.165) is 0 Å². The molecule has 0 radical (unpaired) electrons. The second-order valence-corrected chi connectivity index (χ2v) is 6.67. The van der Waals surface area contributed by atoms with E-state index in [0.29, 0.717) is 28.4 Å². The Hall–Kier alpha value is -4.34. The largest absolute Gasteiger partial charge is 0.494 e. The molecule has 0 bridgehead atoms. The molecular weight excluding hydrogens is 416 g/mol. The Balaban J connectivity index is 1.75. The van der Waals surface area contributed by atoms with Crippen molar-refractivity contribution < 1.29 is 19.1 Å². The first-order valence-corrected chi connectivity index (χ1v) is 9.63. The first-order chi connectivity index (χ1) is 15.4. The fraction of sp³-hybridized carbons (Fsp3) is 0.182. The van der Waals surface area contributed by atoms with Crippen molar-refractivity contribution >= 4 is 23.2 Å². The highest BCUT2D eigenvalue weighted by atomic mass is 16.5. The van der Waals surface area contributed by atoms with Gasteiger partial charge >= 0.3 is 5.69 Å². The lowest BCUT2D eigenvalue weighted by Gasteiger charge is -2.16. The number of aromatic nitrogens is 2. The van der Waals surface area contributed by atoms with Crippen LogP contribution in [0.15, 0.2) is 64.3 Å². The van der Waals surface area contributed by atoms with E-state index in [4.69, 9.17) is 9.47 Å². The molecule has 2 aromatic carbocycles. The molecule has 3 N–H and O–H groups in total. The molecule has 32 heavy (non-hydrogen) atoms. The molecule has 1 heterocycles. The number of benzene rings is 2. The van der Waals surface area contributed by atoms with Crippen LogP contribution >= 0.6 is 0 Å². The molecule has 166 valence electrons. The number of carbonyl (C=O) groups is 2. The van der Waals surface area contributed by atoms with E-state index in [-0.39, 0.29) is 24.8 Å². The number of nitrogens with zero attached hydrogens (tertiary/aromatic N) is 1. The summed E-state index contributed by atoms with van der Waals surface area (Å²) in [4.78, 5) is 49.9. The van der Waals surface area contributed by atoms with Crippen LogP contribution in [0, 0.1) is 0 Å². The van der Waals surface area contributed by atoms with Crippen molar-refractivity contribution in [3.05, 3.63) is 81.1 Å². The van der Waals surface area contributed by atoms with E-state index in [2.05, 4.69) is 15.6 Å². The number of H-pyrrole nitrogens is 1. The molecule has 3 rings (SSSR count). The number of aryl methyl sites for hydroxylation is 1. The molecule has 2 amide bonds. The van der Waals surface area contributed by atoms with Gasteiger partial charge in [-0.15, -0.1) is 0 Å². The van der Waals surface area contributed by atoms with Crippen molar-refractivity contribution in [1.29, 1.82) is 0 Å². The third-order valence-electron chi connectivity index (χ3n) is 4.56. The molecule has 3 aromatic rings. The van der Waals surface area contributed by atoms with Crippen molar-refractivity contribution in [3.63, 3.8) is 0 Å². The monoisotopic (exact) mass is 438 g/mol. The average molecular weight is 438 g/mol. The predicted octanol–water partition coefficient (Wildman–Crippen LogP) is 1.83. The van der Waals surface area contributed by atoms with E-state index >= 15 is 0 Å². The second-order valence-electron chi connectivity index (χ2n) is 6.67. The highest BCUT2D eigenvalue weighted by molar-refractivity contribution is 6.05. The van der Waals surface area contributed by atoms with Gasteiger partial charge in [0.05, 0.1) is 25.6 Å². The van der Waals surface area contributed by atoms with Crippen molar-refractivity contribution in [2.75, 3.05) is 24.9 Å². The summed E-state index contributed by atoms with van der Waals surface area (Å²) < 4.78 is 11.9. The van der Waals surface area contributed by atoms with Gasteiger partial charge in [-0.1, -0.05) is 18.2 Å². The summed E-state index contributed by atoms with van der Waals surface area (Å²) in [5, 5.41) is 5.47. The Morgan fingerprint density at radius 3 is 2.16 bits per heavy atom. The minimum absolute atomic E-state index is 0.0239. The van der Waals surface area contributed by atoms with Crippen LogP contribution in [0.2, 0.25) is 0 Å². The van der Waals surface area contributed by atoms with Gasteiger partial charge in [0.15, 0.2) is 0 Å². The smallest absolute Gasteiger partial charge is 0.328 e. The zero-order chi connectivity index (χ0) is 23.1. The van der Waals surface area contributed by atoms with Crippen LogP contribution in [0.25, 0.3) is 0 Å². The Kier molecular flexibility index (Phi) is 7.06. The first kappa shape index (κ1) is 22.3. The molecule has 0 aliphatic rings. The van der Waals surface area contributed by atoms with Crippen LogP contribution < -0.4 is 31.4 Å². The molecule has 0 aliphatic carbocycles. The third kappa shape index (κ3) is 5.42. The number of hydrogen-bond acceptors (Lipinski definition) is 6. The quantitative estimate of drug-likeness (QED) is 0.492. The van der Waals surface area contributed by atoms with Gasteiger partial charge < -0.3 is 24.7 Å². The molecule has 1 aromatic heterocycles. The number of rotatable bonds is 8. The van der Waals surface area contributed by atoms with Crippen LogP contribution in [0.5, 0.6) is 11.5 Å². The highest BCUT2D eigenvalue weighted by Gasteiger charge is 2.16. The summed E-state index contributed by atoms with van der Waals surface area (Å²) in [5.41, 5.74) is 0.0790. The zero-order valence-corrected chi connectivity index (χ0v) is 17.5. The maximum Gasteiger partial charge on any atom is 0.328 e. The average Bonchev–Trinajstić information content (AvgIpc) is 2.79. The van der Waals surface area contributed by atoms with Crippen LogP contribution in [0.4, 0.5) is 11.4 Å². The van der Waals surface area contributed by atoms with Crippen molar-refractivity contribution in [1.82, 2.24) is 9.55 Å². The van der Waals surface area contributed by atoms with Gasteiger partial charge in [-0.2, -0.15) is 0 Å². The number of aromatic amines is 1.